The molecule has 0 unspecified atom stereocenters. The number of ether oxygens (including phenoxy) is 1. The molecule has 15 heavy (non-hydrogen) atoms. The van der Waals surface area contributed by atoms with Gasteiger partial charge in [0.1, 0.15) is 0 Å². The van der Waals surface area contributed by atoms with E-state index in [4.69, 9.17) is 4.84 Å². The van der Waals surface area contributed by atoms with E-state index < -0.39 is 16.0 Å². The molecule has 0 saturated carbocycles. The topological polar surface area (TPSA) is 72.9 Å². The van der Waals surface area contributed by atoms with Crippen LogP contribution in [0.1, 0.15) is 19.3 Å². The summed E-state index contributed by atoms with van der Waals surface area (Å²) >= 11 is 0. The number of carbonyl (C=O) groups is 1. The third-order valence-electron chi connectivity index (χ3n) is 2.07. The first-order valence-corrected chi connectivity index (χ1v) is 6.37. The van der Waals surface area contributed by atoms with Crippen molar-refractivity contribution in [2.45, 2.75) is 19.3 Å². The summed E-state index contributed by atoms with van der Waals surface area (Å²) in [6, 6.07) is 0. The Morgan fingerprint density at radius 2 is 2.20 bits per heavy atom. The Bertz CT molecular complexity index is 307. The SMILES string of the molecule is COC(=O)CCS(=O)(=O)N1CCCCO1. The van der Waals surface area contributed by atoms with Crippen LogP contribution in [0.25, 0.3) is 0 Å². The number of carbonyl (C=O) groups excluding carboxylic acids is 1. The number of hydrogen-bond donors (Lipinski definition) is 0. The highest BCUT2D eigenvalue weighted by Gasteiger charge is 2.25. The van der Waals surface area contributed by atoms with Gasteiger partial charge >= 0.3 is 5.97 Å². The minimum absolute atomic E-state index is 0.140. The van der Waals surface area contributed by atoms with Crippen LogP contribution in [0.4, 0.5) is 0 Å². The van der Waals surface area contributed by atoms with Crippen LogP contribution in [0.5, 0.6) is 0 Å². The fourth-order valence-corrected chi connectivity index (χ4v) is 2.48. The Morgan fingerprint density at radius 3 is 2.73 bits per heavy atom. The van der Waals surface area contributed by atoms with E-state index in [0.717, 1.165) is 17.3 Å². The summed E-state index contributed by atoms with van der Waals surface area (Å²) in [5.74, 6) is -0.796. The summed E-state index contributed by atoms with van der Waals surface area (Å²) in [7, 11) is -2.25. The number of hydrogen-bond acceptors (Lipinski definition) is 5. The van der Waals surface area contributed by atoms with Crippen LogP contribution in [-0.2, 0) is 24.4 Å². The van der Waals surface area contributed by atoms with Crippen LogP contribution in [0.3, 0.4) is 0 Å². The van der Waals surface area contributed by atoms with Gasteiger partial charge in [0.15, 0.2) is 0 Å². The van der Waals surface area contributed by atoms with Crippen molar-refractivity contribution in [2.75, 3.05) is 26.0 Å². The van der Waals surface area contributed by atoms with Gasteiger partial charge in [-0.2, -0.15) is 0 Å². The van der Waals surface area contributed by atoms with Gasteiger partial charge in [-0.15, -0.1) is 0 Å². The van der Waals surface area contributed by atoms with Crippen molar-refractivity contribution in [3.05, 3.63) is 0 Å². The maximum absolute atomic E-state index is 11.6. The number of rotatable bonds is 4. The number of nitrogens with zero attached hydrogens (tertiary/aromatic N) is 1. The molecule has 6 nitrogen and oxygen atoms in total. The van der Waals surface area contributed by atoms with Crippen LogP contribution in [0.15, 0.2) is 0 Å². The molecule has 0 amide bonds. The summed E-state index contributed by atoms with van der Waals surface area (Å²) < 4.78 is 28.5. The highest BCUT2D eigenvalue weighted by molar-refractivity contribution is 7.88. The molecular weight excluding hydrogens is 222 g/mol. The predicted octanol–water partition coefficient (Wildman–Crippen LogP) is -0.0933. The second kappa shape index (κ2) is 5.43. The van der Waals surface area contributed by atoms with Crippen molar-refractivity contribution < 1.29 is 22.8 Å². The molecule has 0 aromatic rings. The van der Waals surface area contributed by atoms with Gasteiger partial charge < -0.3 is 4.74 Å². The minimum atomic E-state index is -3.48. The van der Waals surface area contributed by atoms with Crippen molar-refractivity contribution >= 4 is 16.0 Å². The Balaban J connectivity index is 2.46. The third kappa shape index (κ3) is 3.77. The summed E-state index contributed by atoms with van der Waals surface area (Å²) in [6.07, 6.45) is 1.51. The van der Waals surface area contributed by atoms with Gasteiger partial charge in [-0.1, -0.05) is 4.47 Å². The Hall–Kier alpha value is -0.660. The van der Waals surface area contributed by atoms with Crippen molar-refractivity contribution in [2.24, 2.45) is 0 Å². The molecule has 1 aliphatic heterocycles. The molecule has 1 aliphatic rings. The van der Waals surface area contributed by atoms with E-state index >= 15 is 0 Å². The lowest BCUT2D eigenvalue weighted by atomic mass is 10.3. The van der Waals surface area contributed by atoms with Gasteiger partial charge in [-0.25, -0.2) is 8.42 Å². The highest BCUT2D eigenvalue weighted by atomic mass is 32.2. The largest absolute Gasteiger partial charge is 0.469 e. The van der Waals surface area contributed by atoms with Gasteiger partial charge in [-0.3, -0.25) is 9.63 Å². The zero-order chi connectivity index (χ0) is 11.3. The molecule has 0 N–H and O–H groups in total. The molecule has 1 heterocycles. The van der Waals surface area contributed by atoms with Crippen LogP contribution in [0, 0.1) is 0 Å². The molecule has 7 heteroatoms. The normalized spacial score (nSPS) is 18.7. The van der Waals surface area contributed by atoms with Crippen LogP contribution < -0.4 is 0 Å². The molecule has 0 spiro atoms. The quantitative estimate of drug-likeness (QED) is 0.639. The van der Waals surface area contributed by atoms with Gasteiger partial charge in [0, 0.05) is 6.54 Å². The first kappa shape index (κ1) is 12.4. The van der Waals surface area contributed by atoms with Gasteiger partial charge in [0.2, 0.25) is 10.0 Å². The number of hydroxylamine groups is 1. The van der Waals surface area contributed by atoms with Crippen molar-refractivity contribution in [3.8, 4) is 0 Å². The van der Waals surface area contributed by atoms with Gasteiger partial charge in [-0.05, 0) is 12.8 Å². The molecule has 0 atom stereocenters. The molecule has 0 aromatic heterocycles. The van der Waals surface area contributed by atoms with E-state index in [1.54, 1.807) is 0 Å². The Morgan fingerprint density at radius 1 is 1.47 bits per heavy atom. The molecule has 1 fully saturated rings. The highest BCUT2D eigenvalue weighted by Crippen LogP contribution is 2.12. The number of methoxy groups -OCH3 is 1. The lowest BCUT2D eigenvalue weighted by molar-refractivity contribution is -0.140. The maximum Gasteiger partial charge on any atom is 0.306 e. The minimum Gasteiger partial charge on any atom is -0.469 e. The van der Waals surface area contributed by atoms with Crippen LogP contribution >= 0.6 is 0 Å². The van der Waals surface area contributed by atoms with Gasteiger partial charge in [0.05, 0.1) is 25.9 Å². The molecule has 88 valence electrons. The van der Waals surface area contributed by atoms with E-state index in [1.165, 1.54) is 7.11 Å². The molecule has 0 aromatic carbocycles. The Kier molecular flexibility index (Phi) is 4.49. The fourth-order valence-electron chi connectivity index (χ4n) is 1.21. The van der Waals surface area contributed by atoms with Crippen molar-refractivity contribution in [1.82, 2.24) is 4.47 Å². The van der Waals surface area contributed by atoms with Crippen LogP contribution in [0.2, 0.25) is 0 Å². The summed E-state index contributed by atoms with van der Waals surface area (Å²) in [5.41, 5.74) is 0. The van der Waals surface area contributed by atoms with E-state index in [0.29, 0.717) is 13.2 Å². The molecule has 0 bridgehead atoms. The fraction of sp³-hybridized carbons (Fsp3) is 0.875. The molecule has 0 radical (unpaired) electrons. The monoisotopic (exact) mass is 237 g/mol. The predicted molar refractivity (Wildman–Crippen MR) is 52.3 cm³/mol. The second-order valence-electron chi connectivity index (χ2n) is 3.21. The molecular formula is C8H15NO5S. The first-order valence-electron chi connectivity index (χ1n) is 4.76. The molecule has 0 aliphatic carbocycles. The smallest absolute Gasteiger partial charge is 0.306 e. The first-order chi connectivity index (χ1) is 7.06. The number of esters is 1. The third-order valence-corrected chi connectivity index (χ3v) is 3.70. The number of sulfonamides is 1. The second-order valence-corrected chi connectivity index (χ2v) is 5.19. The lowest BCUT2D eigenvalue weighted by Crippen LogP contribution is -2.37. The lowest BCUT2D eigenvalue weighted by Gasteiger charge is -2.24. The van der Waals surface area contributed by atoms with E-state index in [-0.39, 0.29) is 12.2 Å². The standard InChI is InChI=1S/C8H15NO5S/c1-13-8(10)4-7-15(11,12)9-5-2-3-6-14-9/h2-7H2,1H3. The average Bonchev–Trinajstić information content (AvgIpc) is 2.27. The Labute approximate surface area is 89.2 Å². The summed E-state index contributed by atoms with van der Waals surface area (Å²) in [5, 5.41) is 0. The maximum atomic E-state index is 11.6. The van der Waals surface area contributed by atoms with E-state index in [9.17, 15) is 13.2 Å². The average molecular weight is 237 g/mol. The zero-order valence-electron chi connectivity index (χ0n) is 8.64. The molecule has 1 saturated heterocycles. The van der Waals surface area contributed by atoms with Crippen molar-refractivity contribution in [3.63, 3.8) is 0 Å². The van der Waals surface area contributed by atoms with E-state index in [1.807, 2.05) is 0 Å². The van der Waals surface area contributed by atoms with Gasteiger partial charge in [0.25, 0.3) is 0 Å². The summed E-state index contributed by atoms with van der Waals surface area (Å²) in [4.78, 5) is 15.8. The van der Waals surface area contributed by atoms with Crippen molar-refractivity contribution in [1.29, 1.82) is 0 Å². The molecule has 1 rings (SSSR count). The zero-order valence-corrected chi connectivity index (χ0v) is 9.46. The van der Waals surface area contributed by atoms with E-state index in [2.05, 4.69) is 4.74 Å². The van der Waals surface area contributed by atoms with Crippen LogP contribution in [-0.4, -0.2) is 44.9 Å². The summed E-state index contributed by atoms with van der Waals surface area (Å²) in [6.45, 7) is 0.779.